The van der Waals surface area contributed by atoms with Crippen LogP contribution < -0.4 is 15.2 Å². The molecule has 4 heteroatoms. The van der Waals surface area contributed by atoms with Crippen LogP contribution in [0.15, 0.2) is 6.07 Å². The first-order chi connectivity index (χ1) is 7.56. The molecule has 0 saturated carbocycles. The average molecular weight is 223 g/mol. The lowest BCUT2D eigenvalue weighted by Crippen LogP contribution is -2.14. The van der Waals surface area contributed by atoms with Crippen LogP contribution in [0.1, 0.15) is 22.7 Å². The van der Waals surface area contributed by atoms with Crippen molar-refractivity contribution < 1.29 is 14.3 Å². The first-order valence-electron chi connectivity index (χ1n) is 4.99. The van der Waals surface area contributed by atoms with Gasteiger partial charge in [0.25, 0.3) is 0 Å². The number of ether oxygens (including phenoxy) is 2. The molecule has 0 spiro atoms. The topological polar surface area (TPSA) is 61.5 Å². The molecule has 1 unspecified atom stereocenters. The van der Waals surface area contributed by atoms with Gasteiger partial charge in [0, 0.05) is 5.56 Å². The van der Waals surface area contributed by atoms with Crippen molar-refractivity contribution in [3.8, 4) is 11.5 Å². The highest BCUT2D eigenvalue weighted by atomic mass is 16.5. The first-order valence-corrected chi connectivity index (χ1v) is 4.99. The van der Waals surface area contributed by atoms with Gasteiger partial charge in [0.05, 0.1) is 20.3 Å². The van der Waals surface area contributed by atoms with Crippen LogP contribution in [0.2, 0.25) is 0 Å². The summed E-state index contributed by atoms with van der Waals surface area (Å²) < 4.78 is 10.5. The summed E-state index contributed by atoms with van der Waals surface area (Å²) in [5.74, 6) is 1.36. The molecule has 1 rings (SSSR count). The summed E-state index contributed by atoms with van der Waals surface area (Å²) in [5, 5.41) is 0. The molecule has 0 aromatic heterocycles. The van der Waals surface area contributed by atoms with Gasteiger partial charge in [-0.1, -0.05) is 0 Å². The Morgan fingerprint density at radius 1 is 1.25 bits per heavy atom. The van der Waals surface area contributed by atoms with E-state index in [0.717, 1.165) is 11.1 Å². The van der Waals surface area contributed by atoms with E-state index in [1.165, 1.54) is 0 Å². The Hall–Kier alpha value is -1.55. The van der Waals surface area contributed by atoms with Crippen LogP contribution in [-0.4, -0.2) is 20.5 Å². The van der Waals surface area contributed by atoms with Gasteiger partial charge in [0.2, 0.25) is 0 Å². The predicted molar refractivity (Wildman–Crippen MR) is 62.0 cm³/mol. The van der Waals surface area contributed by atoms with Gasteiger partial charge in [-0.25, -0.2) is 0 Å². The molecule has 0 aliphatic rings. The molecule has 1 aromatic carbocycles. The Morgan fingerprint density at radius 2 is 1.88 bits per heavy atom. The quantitative estimate of drug-likeness (QED) is 0.786. The van der Waals surface area contributed by atoms with E-state index in [0.29, 0.717) is 23.3 Å². The lowest BCUT2D eigenvalue weighted by molar-refractivity contribution is -0.109. The summed E-state index contributed by atoms with van der Waals surface area (Å²) in [6.45, 7) is 3.85. The summed E-state index contributed by atoms with van der Waals surface area (Å²) in [5.41, 5.74) is 8.29. The predicted octanol–water partition coefficient (Wildman–Crippen LogP) is 1.52. The SMILES string of the molecule is COc1cc(C(N)C=O)c(OC)c(C)c1C. The molecule has 0 amide bonds. The van der Waals surface area contributed by atoms with E-state index >= 15 is 0 Å². The van der Waals surface area contributed by atoms with Gasteiger partial charge in [-0.2, -0.15) is 0 Å². The van der Waals surface area contributed by atoms with Gasteiger partial charge >= 0.3 is 0 Å². The monoisotopic (exact) mass is 223 g/mol. The van der Waals surface area contributed by atoms with Gasteiger partial charge in [-0.3, -0.25) is 0 Å². The van der Waals surface area contributed by atoms with Gasteiger partial charge < -0.3 is 20.0 Å². The van der Waals surface area contributed by atoms with Crippen molar-refractivity contribution in [1.82, 2.24) is 0 Å². The second-order valence-electron chi connectivity index (χ2n) is 3.61. The number of carbonyl (C=O) groups is 1. The van der Waals surface area contributed by atoms with Gasteiger partial charge in [-0.15, -0.1) is 0 Å². The number of aldehydes is 1. The summed E-state index contributed by atoms with van der Waals surface area (Å²) in [6, 6.07) is 1.06. The smallest absolute Gasteiger partial charge is 0.141 e. The van der Waals surface area contributed by atoms with Crippen molar-refractivity contribution in [1.29, 1.82) is 0 Å². The average Bonchev–Trinajstić information content (AvgIpc) is 2.31. The highest BCUT2D eigenvalue weighted by molar-refractivity contribution is 5.66. The summed E-state index contributed by atoms with van der Waals surface area (Å²) in [7, 11) is 3.15. The fraction of sp³-hybridized carbons (Fsp3) is 0.417. The van der Waals surface area contributed by atoms with Crippen LogP contribution in [0.3, 0.4) is 0 Å². The maximum Gasteiger partial charge on any atom is 0.141 e. The van der Waals surface area contributed by atoms with Crippen LogP contribution in [0, 0.1) is 13.8 Å². The zero-order valence-electron chi connectivity index (χ0n) is 10.0. The third-order valence-corrected chi connectivity index (χ3v) is 2.75. The number of methoxy groups -OCH3 is 2. The standard InChI is InChI=1S/C12H17NO3/c1-7-8(2)12(16-4)9(10(13)6-14)5-11(7)15-3/h5-6,10H,13H2,1-4H3. The van der Waals surface area contributed by atoms with Crippen molar-refractivity contribution >= 4 is 6.29 Å². The summed E-state index contributed by atoms with van der Waals surface area (Å²) >= 11 is 0. The molecule has 2 N–H and O–H groups in total. The van der Waals surface area contributed by atoms with E-state index in [1.54, 1.807) is 20.3 Å². The summed E-state index contributed by atoms with van der Waals surface area (Å²) in [6.07, 6.45) is 0.687. The van der Waals surface area contributed by atoms with Crippen molar-refractivity contribution in [2.24, 2.45) is 5.73 Å². The molecule has 0 radical (unpaired) electrons. The third kappa shape index (κ3) is 2.02. The van der Waals surface area contributed by atoms with Gasteiger partial charge in [-0.05, 0) is 31.0 Å². The normalized spacial score (nSPS) is 12.1. The Kier molecular flexibility index (Phi) is 3.90. The molecule has 1 atom stereocenters. The van der Waals surface area contributed by atoms with E-state index in [2.05, 4.69) is 0 Å². The van der Waals surface area contributed by atoms with Crippen LogP contribution in [-0.2, 0) is 4.79 Å². The maximum absolute atomic E-state index is 10.7. The number of hydrogen-bond donors (Lipinski definition) is 1. The maximum atomic E-state index is 10.7. The molecule has 0 aliphatic heterocycles. The molecule has 0 bridgehead atoms. The second kappa shape index (κ2) is 4.99. The van der Waals surface area contributed by atoms with Crippen molar-refractivity contribution in [2.75, 3.05) is 14.2 Å². The fourth-order valence-corrected chi connectivity index (χ4v) is 1.69. The minimum Gasteiger partial charge on any atom is -0.496 e. The van der Waals surface area contributed by atoms with E-state index < -0.39 is 6.04 Å². The lowest BCUT2D eigenvalue weighted by Gasteiger charge is -2.18. The Balaban J connectivity index is 3.46. The van der Waals surface area contributed by atoms with Gasteiger partial charge in [0.15, 0.2) is 0 Å². The number of carbonyl (C=O) groups excluding carboxylic acids is 1. The van der Waals surface area contributed by atoms with E-state index in [4.69, 9.17) is 15.2 Å². The molecule has 1 aromatic rings. The van der Waals surface area contributed by atoms with E-state index in [1.807, 2.05) is 13.8 Å². The molecule has 88 valence electrons. The Bertz CT molecular complexity index is 402. The highest BCUT2D eigenvalue weighted by Crippen LogP contribution is 2.35. The molecular weight excluding hydrogens is 206 g/mol. The first kappa shape index (κ1) is 12.5. The number of benzene rings is 1. The number of hydrogen-bond acceptors (Lipinski definition) is 4. The second-order valence-corrected chi connectivity index (χ2v) is 3.61. The van der Waals surface area contributed by atoms with Crippen molar-refractivity contribution in [3.05, 3.63) is 22.8 Å². The van der Waals surface area contributed by atoms with Crippen LogP contribution in [0.5, 0.6) is 11.5 Å². The number of nitrogens with two attached hydrogens (primary N) is 1. The molecule has 0 saturated heterocycles. The molecule has 0 heterocycles. The lowest BCUT2D eigenvalue weighted by atomic mass is 9.99. The summed E-state index contributed by atoms with van der Waals surface area (Å²) in [4.78, 5) is 10.7. The molecule has 0 aliphatic carbocycles. The Labute approximate surface area is 95.3 Å². The Morgan fingerprint density at radius 3 is 2.31 bits per heavy atom. The minimum atomic E-state index is -0.692. The molecule has 16 heavy (non-hydrogen) atoms. The van der Waals surface area contributed by atoms with Crippen LogP contribution >= 0.6 is 0 Å². The van der Waals surface area contributed by atoms with Gasteiger partial charge in [0.1, 0.15) is 17.8 Å². The highest BCUT2D eigenvalue weighted by Gasteiger charge is 2.17. The molecular formula is C12H17NO3. The van der Waals surface area contributed by atoms with Crippen molar-refractivity contribution in [2.45, 2.75) is 19.9 Å². The minimum absolute atomic E-state index is 0.650. The largest absolute Gasteiger partial charge is 0.496 e. The van der Waals surface area contributed by atoms with Crippen LogP contribution in [0.25, 0.3) is 0 Å². The fourth-order valence-electron chi connectivity index (χ4n) is 1.69. The van der Waals surface area contributed by atoms with Crippen molar-refractivity contribution in [3.63, 3.8) is 0 Å². The van der Waals surface area contributed by atoms with E-state index in [-0.39, 0.29) is 0 Å². The van der Waals surface area contributed by atoms with Crippen LogP contribution in [0.4, 0.5) is 0 Å². The number of rotatable bonds is 4. The zero-order chi connectivity index (χ0) is 12.3. The molecule has 0 fully saturated rings. The third-order valence-electron chi connectivity index (χ3n) is 2.75. The van der Waals surface area contributed by atoms with E-state index in [9.17, 15) is 4.79 Å². The zero-order valence-corrected chi connectivity index (χ0v) is 10.0. The molecule has 4 nitrogen and oxygen atoms in total.